The van der Waals surface area contributed by atoms with E-state index < -0.39 is 32.0 Å². The van der Waals surface area contributed by atoms with Crippen LogP contribution in [0.2, 0.25) is 0 Å². The van der Waals surface area contributed by atoms with E-state index in [9.17, 15) is 24.8 Å². The van der Waals surface area contributed by atoms with Gasteiger partial charge in [-0.15, -0.1) is 0 Å². The molecule has 2 aromatic carbocycles. The van der Waals surface area contributed by atoms with Crippen molar-refractivity contribution in [2.45, 2.75) is 0 Å². The van der Waals surface area contributed by atoms with Gasteiger partial charge in [-0.3, -0.25) is 20.2 Å². The van der Waals surface area contributed by atoms with Crippen molar-refractivity contribution in [2.75, 3.05) is 0 Å². The fourth-order valence-corrected chi connectivity index (χ4v) is 3.65. The Labute approximate surface area is 114 Å². The van der Waals surface area contributed by atoms with Crippen molar-refractivity contribution in [3.05, 3.63) is 56.6 Å². The van der Waals surface area contributed by atoms with Gasteiger partial charge in [0, 0.05) is 12.1 Å². The molecule has 0 bridgehead atoms. The monoisotopic (exact) mass is 290 g/mol. The van der Waals surface area contributed by atoms with Gasteiger partial charge < -0.3 is 4.55 Å². The highest BCUT2D eigenvalue weighted by Gasteiger charge is 2.33. The molecule has 0 spiro atoms. The topological polar surface area (TPSA) is 109 Å². The molecule has 3 aromatic rings. The van der Waals surface area contributed by atoms with Crippen LogP contribution in [0.4, 0.5) is 11.4 Å². The summed E-state index contributed by atoms with van der Waals surface area (Å²) in [6, 6.07) is 8.84. The van der Waals surface area contributed by atoms with Gasteiger partial charge in [0.15, 0.2) is 9.40 Å². The summed E-state index contributed by atoms with van der Waals surface area (Å²) in [6.45, 7) is 0. The molecule has 0 aliphatic heterocycles. The quantitative estimate of drug-likeness (QED) is 0.407. The predicted molar refractivity (Wildman–Crippen MR) is 73.4 cm³/mol. The van der Waals surface area contributed by atoms with Gasteiger partial charge >= 0.3 is 11.4 Å². The summed E-state index contributed by atoms with van der Waals surface area (Å²) in [5.74, 6) is 0. The third-order valence-corrected chi connectivity index (χ3v) is 4.55. The molecule has 1 aromatic heterocycles. The lowest BCUT2D eigenvalue weighted by Crippen LogP contribution is -1.96. The van der Waals surface area contributed by atoms with E-state index in [1.807, 2.05) is 0 Å². The molecular formula is C12H6N2O5S. The third-order valence-electron chi connectivity index (χ3n) is 3.05. The zero-order valence-electron chi connectivity index (χ0n) is 9.81. The Morgan fingerprint density at radius 2 is 1.60 bits per heavy atom. The molecule has 0 saturated heterocycles. The number of hydrogen-bond donors (Lipinski definition) is 0. The van der Waals surface area contributed by atoms with Gasteiger partial charge in [-0.1, -0.05) is 12.1 Å². The van der Waals surface area contributed by atoms with Gasteiger partial charge in [-0.2, -0.15) is 0 Å². The number of benzene rings is 2. The highest BCUT2D eigenvalue weighted by atomic mass is 32.2. The van der Waals surface area contributed by atoms with Crippen LogP contribution >= 0.6 is 10.8 Å². The molecule has 1 unspecified atom stereocenters. The maximum atomic E-state index is 12.3. The molecule has 0 fully saturated rings. The maximum absolute atomic E-state index is 12.3. The summed E-state index contributed by atoms with van der Waals surface area (Å²) >= 11 is 0. The Hall–Kier alpha value is -2.58. The minimum Gasteiger partial charge on any atom is -0.590 e. The standard InChI is InChI=1S/C12H6N2O5S/c15-13(16)8-5-6-10-11(12(8)14(17)18)7-3-1-2-4-9(7)20(10)19/h1-6H. The summed E-state index contributed by atoms with van der Waals surface area (Å²) in [7, 11) is -1.55. The second kappa shape index (κ2) is 4.22. The van der Waals surface area contributed by atoms with Crippen LogP contribution in [0.3, 0.4) is 0 Å². The molecule has 3 rings (SSSR count). The lowest BCUT2D eigenvalue weighted by molar-refractivity contribution is -0.421. The Kier molecular flexibility index (Phi) is 2.63. The van der Waals surface area contributed by atoms with E-state index in [0.717, 1.165) is 6.07 Å². The Morgan fingerprint density at radius 1 is 0.900 bits per heavy atom. The molecule has 0 N–H and O–H groups in total. The lowest BCUT2D eigenvalue weighted by Gasteiger charge is -1.96. The highest BCUT2D eigenvalue weighted by Crippen LogP contribution is 2.47. The van der Waals surface area contributed by atoms with Gasteiger partial charge in [-0.05, 0) is 22.9 Å². The van der Waals surface area contributed by atoms with Crippen LogP contribution in [0.15, 0.2) is 36.4 Å². The number of nitrogens with zero attached hydrogens (tertiary/aromatic N) is 2. The van der Waals surface area contributed by atoms with E-state index in [1.54, 1.807) is 24.3 Å². The van der Waals surface area contributed by atoms with Crippen molar-refractivity contribution >= 4 is 42.3 Å². The summed E-state index contributed by atoms with van der Waals surface area (Å²) < 4.78 is 12.9. The van der Waals surface area contributed by atoms with Crippen LogP contribution in [0.5, 0.6) is 0 Å². The van der Waals surface area contributed by atoms with Gasteiger partial charge in [0.2, 0.25) is 0 Å². The van der Waals surface area contributed by atoms with Gasteiger partial charge in [0.05, 0.1) is 15.2 Å². The fourth-order valence-electron chi connectivity index (χ4n) is 2.26. The highest BCUT2D eigenvalue weighted by molar-refractivity contribution is 7.37. The molecule has 7 nitrogen and oxygen atoms in total. The summed E-state index contributed by atoms with van der Waals surface area (Å²) in [5, 5.41) is 22.6. The number of rotatable bonds is 2. The van der Waals surface area contributed by atoms with Crippen molar-refractivity contribution in [2.24, 2.45) is 0 Å². The zero-order chi connectivity index (χ0) is 14.4. The van der Waals surface area contributed by atoms with Crippen LogP contribution < -0.4 is 0 Å². The number of thiophene rings is 1. The Morgan fingerprint density at radius 3 is 2.25 bits per heavy atom. The molecule has 100 valence electrons. The molecule has 20 heavy (non-hydrogen) atoms. The summed E-state index contributed by atoms with van der Waals surface area (Å²) in [6.07, 6.45) is 0. The number of hydrogen-bond acceptors (Lipinski definition) is 5. The predicted octanol–water partition coefficient (Wildman–Crippen LogP) is 3.54. The average molecular weight is 290 g/mol. The molecule has 0 aliphatic carbocycles. The smallest absolute Gasteiger partial charge is 0.359 e. The second-order valence-corrected chi connectivity index (χ2v) is 5.50. The molecule has 8 heteroatoms. The average Bonchev–Trinajstić information content (AvgIpc) is 2.72. The maximum Gasteiger partial charge on any atom is 0.359 e. The van der Waals surface area contributed by atoms with Crippen LogP contribution in [0.25, 0.3) is 20.2 Å². The minimum atomic E-state index is -1.55. The molecule has 0 aliphatic rings. The van der Waals surface area contributed by atoms with Crippen molar-refractivity contribution < 1.29 is 14.4 Å². The fraction of sp³-hybridized carbons (Fsp3) is 0. The van der Waals surface area contributed by atoms with Gasteiger partial charge in [0.25, 0.3) is 0 Å². The van der Waals surface area contributed by atoms with E-state index in [-0.39, 0.29) is 10.1 Å². The van der Waals surface area contributed by atoms with Gasteiger partial charge in [-0.25, -0.2) is 0 Å². The third kappa shape index (κ3) is 1.55. The first-order valence-corrected chi connectivity index (χ1v) is 6.64. The van der Waals surface area contributed by atoms with Crippen LogP contribution in [0, 0.1) is 20.2 Å². The first kappa shape index (κ1) is 12.5. The second-order valence-electron chi connectivity index (χ2n) is 4.09. The number of nitro benzene ring substituents is 2. The molecule has 0 saturated carbocycles. The van der Waals surface area contributed by atoms with Crippen molar-refractivity contribution in [3.63, 3.8) is 0 Å². The first-order chi connectivity index (χ1) is 9.52. The van der Waals surface area contributed by atoms with Crippen molar-refractivity contribution in [1.82, 2.24) is 0 Å². The zero-order valence-corrected chi connectivity index (χ0v) is 10.6. The number of nitro groups is 2. The van der Waals surface area contributed by atoms with E-state index in [4.69, 9.17) is 0 Å². The van der Waals surface area contributed by atoms with Crippen LogP contribution in [-0.2, 0) is 0 Å². The number of fused-ring (bicyclic) bond motifs is 3. The molecule has 0 radical (unpaired) electrons. The Bertz CT molecular complexity index is 886. The van der Waals surface area contributed by atoms with E-state index >= 15 is 0 Å². The minimum absolute atomic E-state index is 0.0816. The first-order valence-electron chi connectivity index (χ1n) is 5.49. The van der Waals surface area contributed by atoms with Crippen molar-refractivity contribution in [1.29, 1.82) is 0 Å². The normalized spacial score (nSPS) is 11.9. The SMILES string of the molecule is O=[N+]([O-])c1ccc2c(c1[N+](=O)[O-])c1ccccc1[s+]2[O-]. The van der Waals surface area contributed by atoms with Crippen LogP contribution in [-0.4, -0.2) is 14.4 Å². The van der Waals surface area contributed by atoms with Gasteiger partial charge in [0.1, 0.15) is 5.39 Å². The molecule has 1 atom stereocenters. The van der Waals surface area contributed by atoms with E-state index in [1.165, 1.54) is 6.07 Å². The summed E-state index contributed by atoms with van der Waals surface area (Å²) in [4.78, 5) is 20.6. The van der Waals surface area contributed by atoms with E-state index in [0.29, 0.717) is 10.1 Å². The molecule has 1 heterocycles. The molecule has 0 amide bonds. The van der Waals surface area contributed by atoms with Crippen molar-refractivity contribution in [3.8, 4) is 0 Å². The van der Waals surface area contributed by atoms with E-state index in [2.05, 4.69) is 0 Å². The molecular weight excluding hydrogens is 284 g/mol. The lowest BCUT2D eigenvalue weighted by atomic mass is 10.1. The Balaban J connectivity index is 2.63. The summed E-state index contributed by atoms with van der Waals surface area (Å²) in [5.41, 5.74) is -1.20. The largest absolute Gasteiger partial charge is 0.590 e. The van der Waals surface area contributed by atoms with Crippen LogP contribution in [0.1, 0.15) is 0 Å².